The van der Waals surface area contributed by atoms with Crippen molar-refractivity contribution in [2.24, 2.45) is 0 Å². The molecule has 0 amide bonds. The molecule has 122 valence electrons. The Hall–Kier alpha value is -1.66. The third-order valence-electron chi connectivity index (χ3n) is 5.11. The molecule has 1 aliphatic carbocycles. The van der Waals surface area contributed by atoms with Crippen molar-refractivity contribution in [3.05, 3.63) is 53.9 Å². The van der Waals surface area contributed by atoms with Gasteiger partial charge in [-0.15, -0.1) is 0 Å². The van der Waals surface area contributed by atoms with Gasteiger partial charge in [0.1, 0.15) is 0 Å². The molecule has 2 aromatic rings. The second kappa shape index (κ2) is 5.76. The molecule has 0 spiro atoms. The first-order valence-electron chi connectivity index (χ1n) is 8.19. The lowest BCUT2D eigenvalue weighted by Crippen LogP contribution is -2.40. The van der Waals surface area contributed by atoms with Crippen molar-refractivity contribution in [2.75, 3.05) is 13.1 Å². The third-order valence-corrected chi connectivity index (χ3v) is 7.40. The zero-order chi connectivity index (χ0) is 15.9. The number of fused-ring (bicyclic) bond motifs is 1. The number of sulfonamides is 1. The summed E-state index contributed by atoms with van der Waals surface area (Å²) in [6.45, 7) is 1.15. The summed E-state index contributed by atoms with van der Waals surface area (Å²) >= 11 is 0. The molecule has 6 heteroatoms. The first-order valence-corrected chi connectivity index (χ1v) is 9.70. The van der Waals surface area contributed by atoms with Crippen LogP contribution in [0.15, 0.2) is 42.7 Å². The van der Waals surface area contributed by atoms with E-state index < -0.39 is 10.0 Å². The summed E-state index contributed by atoms with van der Waals surface area (Å²) in [6, 6.07) is 10.3. The van der Waals surface area contributed by atoms with Crippen molar-refractivity contribution >= 4 is 10.0 Å². The normalized spacial score (nSPS) is 25.4. The Bertz CT molecular complexity index is 786. The lowest BCUT2D eigenvalue weighted by Gasteiger charge is -2.28. The summed E-state index contributed by atoms with van der Waals surface area (Å²) in [6.07, 6.45) is 6.72. The number of hydrogen-bond donors (Lipinski definition) is 0. The van der Waals surface area contributed by atoms with Crippen LogP contribution in [-0.4, -0.2) is 40.8 Å². The monoisotopic (exact) mass is 331 g/mol. The van der Waals surface area contributed by atoms with Crippen molar-refractivity contribution < 1.29 is 8.42 Å². The van der Waals surface area contributed by atoms with Crippen molar-refractivity contribution in [3.63, 3.8) is 0 Å². The van der Waals surface area contributed by atoms with Gasteiger partial charge in [0.05, 0.1) is 11.3 Å². The van der Waals surface area contributed by atoms with E-state index >= 15 is 0 Å². The minimum absolute atomic E-state index is 0.163. The third kappa shape index (κ3) is 2.70. The van der Waals surface area contributed by atoms with Gasteiger partial charge in [0, 0.05) is 25.5 Å². The fourth-order valence-corrected chi connectivity index (χ4v) is 5.75. The van der Waals surface area contributed by atoms with Crippen molar-refractivity contribution in [1.29, 1.82) is 0 Å². The van der Waals surface area contributed by atoms with Gasteiger partial charge in [-0.2, -0.15) is 9.40 Å². The maximum atomic E-state index is 13.0. The van der Waals surface area contributed by atoms with Crippen LogP contribution >= 0.6 is 0 Å². The molecule has 1 fully saturated rings. The molecule has 5 nitrogen and oxygen atoms in total. The largest absolute Gasteiger partial charge is 0.268 e. The predicted octanol–water partition coefficient (Wildman–Crippen LogP) is 2.02. The highest BCUT2D eigenvalue weighted by Gasteiger charge is 2.38. The van der Waals surface area contributed by atoms with Crippen molar-refractivity contribution in [1.82, 2.24) is 14.1 Å². The highest BCUT2D eigenvalue weighted by molar-refractivity contribution is 7.89. The molecule has 4 rings (SSSR count). The van der Waals surface area contributed by atoms with Crippen LogP contribution in [0.2, 0.25) is 0 Å². The number of aromatic nitrogens is 2. The van der Waals surface area contributed by atoms with Crippen LogP contribution < -0.4 is 0 Å². The zero-order valence-corrected chi connectivity index (χ0v) is 13.8. The molecular formula is C17H21N3O2S. The Morgan fingerprint density at radius 2 is 1.91 bits per heavy atom. The van der Waals surface area contributed by atoms with E-state index in [1.165, 1.54) is 11.1 Å². The van der Waals surface area contributed by atoms with E-state index in [0.717, 1.165) is 19.3 Å². The first kappa shape index (κ1) is 14.9. The maximum absolute atomic E-state index is 13.0. The van der Waals surface area contributed by atoms with Crippen molar-refractivity contribution in [3.8, 4) is 0 Å². The zero-order valence-electron chi connectivity index (χ0n) is 13.0. The molecular weight excluding hydrogens is 310 g/mol. The van der Waals surface area contributed by atoms with E-state index in [0.29, 0.717) is 19.5 Å². The van der Waals surface area contributed by atoms with Gasteiger partial charge in [-0.1, -0.05) is 24.3 Å². The summed E-state index contributed by atoms with van der Waals surface area (Å²) in [5.74, 6) is 0. The van der Waals surface area contributed by atoms with Crippen LogP contribution in [0.1, 0.15) is 30.0 Å². The van der Waals surface area contributed by atoms with E-state index in [1.54, 1.807) is 10.5 Å². The smallest absolute Gasteiger partial charge is 0.217 e. The van der Waals surface area contributed by atoms with E-state index in [4.69, 9.17) is 0 Å². The average Bonchev–Trinajstić information content (AvgIpc) is 3.25. The van der Waals surface area contributed by atoms with Gasteiger partial charge in [0.2, 0.25) is 10.0 Å². The summed E-state index contributed by atoms with van der Waals surface area (Å²) in [5.41, 5.74) is 2.49. The fraction of sp³-hybridized carbons (Fsp3) is 0.471. The van der Waals surface area contributed by atoms with Gasteiger partial charge in [-0.05, 0) is 42.9 Å². The molecule has 1 aliphatic heterocycles. The van der Waals surface area contributed by atoms with Crippen LogP contribution in [0, 0.1) is 0 Å². The van der Waals surface area contributed by atoms with E-state index in [1.807, 2.05) is 29.1 Å². The second-order valence-corrected chi connectivity index (χ2v) is 8.68. The average molecular weight is 331 g/mol. The summed E-state index contributed by atoms with van der Waals surface area (Å²) in [7, 11) is -3.24. The van der Waals surface area contributed by atoms with Crippen LogP contribution in [0.5, 0.6) is 0 Å². The standard InChI is InChI=1S/C17H21N3O2S/c21-23(22,17-7-6-14-4-1-2-5-15(14)12-17)19-11-8-16(13-19)20-10-3-9-18-20/h1-5,9-10,16-17H,6-8,11-13H2. The van der Waals surface area contributed by atoms with Crippen molar-refractivity contribution in [2.45, 2.75) is 37.0 Å². The minimum atomic E-state index is -3.24. The molecule has 23 heavy (non-hydrogen) atoms. The quantitative estimate of drug-likeness (QED) is 0.864. The van der Waals surface area contributed by atoms with E-state index in [9.17, 15) is 8.42 Å². The van der Waals surface area contributed by atoms with Gasteiger partial charge in [-0.25, -0.2) is 8.42 Å². The Kier molecular flexibility index (Phi) is 3.73. The van der Waals surface area contributed by atoms with Crippen LogP contribution in [-0.2, 0) is 22.9 Å². The number of hydrogen-bond acceptors (Lipinski definition) is 3. The molecule has 1 aromatic carbocycles. The molecule has 0 bridgehead atoms. The highest BCUT2D eigenvalue weighted by Crippen LogP contribution is 2.31. The number of nitrogens with zero attached hydrogens (tertiary/aromatic N) is 3. The molecule has 1 aromatic heterocycles. The molecule has 0 radical (unpaired) electrons. The highest BCUT2D eigenvalue weighted by atomic mass is 32.2. The Morgan fingerprint density at radius 3 is 2.70 bits per heavy atom. The van der Waals surface area contributed by atoms with E-state index in [2.05, 4.69) is 17.2 Å². The summed E-state index contributed by atoms with van der Waals surface area (Å²) in [5, 5.41) is 3.97. The SMILES string of the molecule is O=S(=O)(C1CCc2ccccc2C1)N1CCC(n2cccn2)C1. The van der Waals surface area contributed by atoms with E-state index in [-0.39, 0.29) is 11.3 Å². The molecule has 0 saturated carbocycles. The van der Waals surface area contributed by atoms with Crippen LogP contribution in [0.25, 0.3) is 0 Å². The topological polar surface area (TPSA) is 55.2 Å². The Balaban J connectivity index is 1.51. The maximum Gasteiger partial charge on any atom is 0.217 e. The van der Waals surface area contributed by atoms with Gasteiger partial charge >= 0.3 is 0 Å². The lowest BCUT2D eigenvalue weighted by atomic mass is 9.92. The molecule has 2 unspecified atom stereocenters. The second-order valence-electron chi connectivity index (χ2n) is 6.47. The lowest BCUT2D eigenvalue weighted by molar-refractivity contribution is 0.424. The summed E-state index contributed by atoms with van der Waals surface area (Å²) < 4.78 is 29.6. The van der Waals surface area contributed by atoms with Crippen LogP contribution in [0.3, 0.4) is 0 Å². The Labute approximate surface area is 137 Å². The van der Waals surface area contributed by atoms with Gasteiger partial charge in [0.25, 0.3) is 0 Å². The molecule has 2 atom stereocenters. The predicted molar refractivity (Wildman–Crippen MR) is 88.6 cm³/mol. The summed E-state index contributed by atoms with van der Waals surface area (Å²) in [4.78, 5) is 0. The number of aryl methyl sites for hydroxylation is 1. The first-order chi connectivity index (χ1) is 11.1. The molecule has 2 heterocycles. The van der Waals surface area contributed by atoms with Crippen LogP contribution in [0.4, 0.5) is 0 Å². The fourth-order valence-electron chi connectivity index (χ4n) is 3.78. The van der Waals surface area contributed by atoms with Gasteiger partial charge in [0.15, 0.2) is 0 Å². The van der Waals surface area contributed by atoms with Gasteiger partial charge < -0.3 is 0 Å². The minimum Gasteiger partial charge on any atom is -0.268 e. The molecule has 2 aliphatic rings. The Morgan fingerprint density at radius 1 is 1.09 bits per heavy atom. The number of rotatable bonds is 3. The molecule has 1 saturated heterocycles. The number of benzene rings is 1. The van der Waals surface area contributed by atoms with Gasteiger partial charge in [-0.3, -0.25) is 4.68 Å². The molecule has 0 N–H and O–H groups in total.